The molecule has 2 aromatic carbocycles. The Kier molecular flexibility index (Phi) is 6.09. The molecule has 2 N–H and O–H groups in total. The molecule has 1 atom stereocenters. The number of anilines is 1. The van der Waals surface area contributed by atoms with E-state index in [4.69, 9.17) is 17.3 Å². The maximum atomic E-state index is 6.08. The zero-order valence-electron chi connectivity index (χ0n) is 12.5. The van der Waals surface area contributed by atoms with Crippen molar-refractivity contribution in [3.63, 3.8) is 0 Å². The van der Waals surface area contributed by atoms with Gasteiger partial charge in [-0.1, -0.05) is 55.3 Å². The zero-order chi connectivity index (χ0) is 15.1. The molecule has 0 spiro atoms. The molecule has 112 valence electrons. The molecule has 0 aliphatic carbocycles. The fraction of sp³-hybridized carbons (Fsp3) is 0.333. The van der Waals surface area contributed by atoms with Crippen molar-refractivity contribution in [2.24, 2.45) is 5.73 Å². The summed E-state index contributed by atoms with van der Waals surface area (Å²) in [4.78, 5) is 2.40. The Morgan fingerprint density at radius 1 is 1.05 bits per heavy atom. The topological polar surface area (TPSA) is 29.3 Å². The summed E-state index contributed by atoms with van der Waals surface area (Å²) in [6.45, 7) is 3.80. The Morgan fingerprint density at radius 2 is 1.71 bits per heavy atom. The average Bonchev–Trinajstić information content (AvgIpc) is 2.53. The number of rotatable bonds is 7. The Balaban J connectivity index is 2.30. The van der Waals surface area contributed by atoms with Crippen LogP contribution in [0.15, 0.2) is 54.6 Å². The van der Waals surface area contributed by atoms with Gasteiger partial charge in [-0.3, -0.25) is 0 Å². The first kappa shape index (κ1) is 15.9. The molecule has 2 rings (SSSR count). The number of halogens is 1. The lowest BCUT2D eigenvalue weighted by atomic mass is 10.0. The van der Waals surface area contributed by atoms with Gasteiger partial charge in [-0.2, -0.15) is 0 Å². The van der Waals surface area contributed by atoms with Gasteiger partial charge in [0.05, 0.1) is 6.04 Å². The minimum Gasteiger partial charge on any atom is -0.363 e. The molecule has 0 saturated heterocycles. The first-order valence-corrected chi connectivity index (χ1v) is 7.91. The molecule has 21 heavy (non-hydrogen) atoms. The quantitative estimate of drug-likeness (QED) is 0.807. The number of nitrogens with two attached hydrogens (primary N) is 1. The van der Waals surface area contributed by atoms with E-state index in [2.05, 4.69) is 48.2 Å². The predicted octanol–water partition coefficient (Wildman–Crippen LogP) is 4.65. The molecule has 1 unspecified atom stereocenters. The molecule has 0 radical (unpaired) electrons. The SMILES string of the molecule is CCCCN(c1ccccc1)C(CN)c1ccc(Cl)cc1. The molecular formula is C18H23ClN2. The summed E-state index contributed by atoms with van der Waals surface area (Å²) in [7, 11) is 0. The number of nitrogens with zero attached hydrogens (tertiary/aromatic N) is 1. The molecule has 0 amide bonds. The summed E-state index contributed by atoms with van der Waals surface area (Å²) in [6.07, 6.45) is 2.32. The molecule has 0 aliphatic heterocycles. The second-order valence-corrected chi connectivity index (χ2v) is 5.62. The molecule has 0 aromatic heterocycles. The van der Waals surface area contributed by atoms with E-state index in [0.29, 0.717) is 6.54 Å². The first-order valence-electron chi connectivity index (χ1n) is 7.53. The smallest absolute Gasteiger partial charge is 0.0664 e. The molecule has 2 nitrogen and oxygen atoms in total. The third-order valence-electron chi connectivity index (χ3n) is 3.69. The van der Waals surface area contributed by atoms with E-state index in [1.54, 1.807) is 0 Å². The van der Waals surface area contributed by atoms with Crippen LogP contribution >= 0.6 is 11.6 Å². The van der Waals surface area contributed by atoms with Crippen molar-refractivity contribution >= 4 is 17.3 Å². The van der Waals surface area contributed by atoms with Crippen LogP contribution in [0.2, 0.25) is 5.02 Å². The Hall–Kier alpha value is -1.51. The van der Waals surface area contributed by atoms with Gasteiger partial charge in [0.25, 0.3) is 0 Å². The highest BCUT2D eigenvalue weighted by molar-refractivity contribution is 6.30. The van der Waals surface area contributed by atoms with Crippen molar-refractivity contribution in [3.05, 3.63) is 65.2 Å². The highest BCUT2D eigenvalue weighted by Gasteiger charge is 2.19. The summed E-state index contributed by atoms with van der Waals surface area (Å²) in [5.74, 6) is 0. The fourth-order valence-corrected chi connectivity index (χ4v) is 2.67. The lowest BCUT2D eigenvalue weighted by Crippen LogP contribution is -2.34. The van der Waals surface area contributed by atoms with Gasteiger partial charge in [-0.15, -0.1) is 0 Å². The Labute approximate surface area is 132 Å². The van der Waals surface area contributed by atoms with E-state index in [1.165, 1.54) is 17.7 Å². The minimum absolute atomic E-state index is 0.177. The van der Waals surface area contributed by atoms with E-state index >= 15 is 0 Å². The number of benzene rings is 2. The van der Waals surface area contributed by atoms with Crippen LogP contribution in [-0.2, 0) is 0 Å². The lowest BCUT2D eigenvalue weighted by Gasteiger charge is -2.33. The van der Waals surface area contributed by atoms with Crippen LogP contribution in [0.5, 0.6) is 0 Å². The van der Waals surface area contributed by atoms with Crippen molar-refractivity contribution in [2.45, 2.75) is 25.8 Å². The van der Waals surface area contributed by atoms with Gasteiger partial charge in [0.2, 0.25) is 0 Å². The molecule has 0 heterocycles. The van der Waals surface area contributed by atoms with Crippen LogP contribution in [0.3, 0.4) is 0 Å². The average molecular weight is 303 g/mol. The first-order chi connectivity index (χ1) is 10.3. The fourth-order valence-electron chi connectivity index (χ4n) is 2.54. The highest BCUT2D eigenvalue weighted by Crippen LogP contribution is 2.27. The second-order valence-electron chi connectivity index (χ2n) is 5.19. The third kappa shape index (κ3) is 4.23. The Bertz CT molecular complexity index is 525. The van der Waals surface area contributed by atoms with Crippen LogP contribution in [0.4, 0.5) is 5.69 Å². The van der Waals surface area contributed by atoms with Crippen LogP contribution < -0.4 is 10.6 Å². The highest BCUT2D eigenvalue weighted by atomic mass is 35.5. The predicted molar refractivity (Wildman–Crippen MR) is 91.9 cm³/mol. The summed E-state index contributed by atoms with van der Waals surface area (Å²) in [5.41, 5.74) is 8.51. The maximum Gasteiger partial charge on any atom is 0.0664 e. The number of hydrogen-bond donors (Lipinski definition) is 1. The van der Waals surface area contributed by atoms with Gasteiger partial charge in [0, 0.05) is 23.8 Å². The van der Waals surface area contributed by atoms with Crippen molar-refractivity contribution in [1.82, 2.24) is 0 Å². The van der Waals surface area contributed by atoms with E-state index in [1.807, 2.05) is 18.2 Å². The molecule has 3 heteroatoms. The Morgan fingerprint density at radius 3 is 2.29 bits per heavy atom. The summed E-state index contributed by atoms with van der Waals surface area (Å²) in [5, 5.41) is 0.759. The van der Waals surface area contributed by atoms with E-state index < -0.39 is 0 Å². The largest absolute Gasteiger partial charge is 0.363 e. The van der Waals surface area contributed by atoms with Gasteiger partial charge < -0.3 is 10.6 Å². The van der Waals surface area contributed by atoms with Crippen molar-refractivity contribution in [3.8, 4) is 0 Å². The molecule has 0 bridgehead atoms. The van der Waals surface area contributed by atoms with Gasteiger partial charge in [0.15, 0.2) is 0 Å². The van der Waals surface area contributed by atoms with Crippen molar-refractivity contribution in [1.29, 1.82) is 0 Å². The standard InChI is InChI=1S/C18H23ClN2/c1-2-3-13-21(17-7-5-4-6-8-17)18(14-20)15-9-11-16(19)12-10-15/h4-12,18H,2-3,13-14,20H2,1H3. The molecule has 2 aromatic rings. The van der Waals surface area contributed by atoms with Gasteiger partial charge in [-0.25, -0.2) is 0 Å². The number of para-hydroxylation sites is 1. The van der Waals surface area contributed by atoms with E-state index in [-0.39, 0.29) is 6.04 Å². The summed E-state index contributed by atoms with van der Waals surface area (Å²) >= 11 is 5.99. The molecular weight excluding hydrogens is 280 g/mol. The van der Waals surface area contributed by atoms with Gasteiger partial charge in [-0.05, 0) is 36.2 Å². The van der Waals surface area contributed by atoms with Crippen LogP contribution in [0.1, 0.15) is 31.4 Å². The second kappa shape index (κ2) is 8.06. The molecule has 0 aliphatic rings. The lowest BCUT2D eigenvalue weighted by molar-refractivity contribution is 0.605. The summed E-state index contributed by atoms with van der Waals surface area (Å²) in [6, 6.07) is 18.7. The monoisotopic (exact) mass is 302 g/mol. The zero-order valence-corrected chi connectivity index (χ0v) is 13.3. The van der Waals surface area contributed by atoms with Crippen molar-refractivity contribution in [2.75, 3.05) is 18.0 Å². The molecule has 0 fully saturated rings. The van der Waals surface area contributed by atoms with Crippen LogP contribution in [0, 0.1) is 0 Å². The third-order valence-corrected chi connectivity index (χ3v) is 3.95. The van der Waals surface area contributed by atoms with Gasteiger partial charge in [0.1, 0.15) is 0 Å². The number of hydrogen-bond acceptors (Lipinski definition) is 2. The molecule has 0 saturated carbocycles. The van der Waals surface area contributed by atoms with E-state index in [0.717, 1.165) is 18.0 Å². The minimum atomic E-state index is 0.177. The van der Waals surface area contributed by atoms with Crippen molar-refractivity contribution < 1.29 is 0 Å². The van der Waals surface area contributed by atoms with Gasteiger partial charge >= 0.3 is 0 Å². The number of unbranched alkanes of at least 4 members (excludes halogenated alkanes) is 1. The van der Waals surface area contributed by atoms with Crippen LogP contribution in [-0.4, -0.2) is 13.1 Å². The normalized spacial score (nSPS) is 12.1. The van der Waals surface area contributed by atoms with E-state index in [9.17, 15) is 0 Å². The maximum absolute atomic E-state index is 6.08. The van der Waals surface area contributed by atoms with Crippen LogP contribution in [0.25, 0.3) is 0 Å². The summed E-state index contributed by atoms with van der Waals surface area (Å²) < 4.78 is 0.